The van der Waals surface area contributed by atoms with Gasteiger partial charge in [0, 0.05) is 38.9 Å². The van der Waals surface area contributed by atoms with Gasteiger partial charge in [-0.05, 0) is 37.0 Å². The predicted octanol–water partition coefficient (Wildman–Crippen LogP) is 1.76. The van der Waals surface area contributed by atoms with Crippen LogP contribution in [0.25, 0.3) is 0 Å². The van der Waals surface area contributed by atoms with Gasteiger partial charge in [-0.25, -0.2) is 8.42 Å². The summed E-state index contributed by atoms with van der Waals surface area (Å²) < 4.78 is 23.4. The van der Waals surface area contributed by atoms with E-state index >= 15 is 0 Å². The minimum Gasteiger partial charge on any atom is -0.355 e. The number of benzene rings is 1. The highest BCUT2D eigenvalue weighted by Gasteiger charge is 2.20. The SMILES string of the molecule is CN=C(NCCNC(=O)C1CCCCC1)NCc1ccc(S(C)(=O)=O)c(C)c1. The second kappa shape index (κ2) is 10.5. The Kier molecular flexibility index (Phi) is 8.29. The molecule has 0 unspecified atom stereocenters. The molecule has 156 valence electrons. The van der Waals surface area contributed by atoms with Crippen LogP contribution >= 0.6 is 0 Å². The van der Waals surface area contributed by atoms with Crippen molar-refractivity contribution in [2.45, 2.75) is 50.5 Å². The maximum atomic E-state index is 12.1. The molecule has 0 spiro atoms. The van der Waals surface area contributed by atoms with Crippen LogP contribution in [0.4, 0.5) is 0 Å². The van der Waals surface area contributed by atoms with Gasteiger partial charge in [-0.1, -0.05) is 31.4 Å². The van der Waals surface area contributed by atoms with Crippen LogP contribution in [0.1, 0.15) is 43.2 Å². The minimum atomic E-state index is -3.21. The highest BCUT2D eigenvalue weighted by atomic mass is 32.2. The van der Waals surface area contributed by atoms with Gasteiger partial charge < -0.3 is 16.0 Å². The average molecular weight is 409 g/mol. The monoisotopic (exact) mass is 408 g/mol. The van der Waals surface area contributed by atoms with Crippen LogP contribution in [0.3, 0.4) is 0 Å². The van der Waals surface area contributed by atoms with Gasteiger partial charge in [0.1, 0.15) is 0 Å². The fraction of sp³-hybridized carbons (Fsp3) is 0.600. The summed E-state index contributed by atoms with van der Waals surface area (Å²) in [5.74, 6) is 0.965. The Labute approximate surface area is 168 Å². The van der Waals surface area contributed by atoms with Gasteiger partial charge in [0.05, 0.1) is 4.90 Å². The molecule has 0 aliphatic heterocycles. The number of guanidine groups is 1. The summed E-state index contributed by atoms with van der Waals surface area (Å²) in [6, 6.07) is 5.30. The van der Waals surface area contributed by atoms with Gasteiger partial charge in [-0.3, -0.25) is 9.79 Å². The molecular formula is C20H32N4O3S. The first-order valence-electron chi connectivity index (χ1n) is 9.83. The number of aryl methyl sites for hydroxylation is 1. The van der Waals surface area contributed by atoms with Crippen molar-refractivity contribution in [3.63, 3.8) is 0 Å². The van der Waals surface area contributed by atoms with Crippen LogP contribution < -0.4 is 16.0 Å². The molecule has 0 heterocycles. The van der Waals surface area contributed by atoms with E-state index in [-0.39, 0.29) is 11.8 Å². The fourth-order valence-corrected chi connectivity index (χ4v) is 4.48. The van der Waals surface area contributed by atoms with E-state index in [1.165, 1.54) is 12.7 Å². The van der Waals surface area contributed by atoms with E-state index < -0.39 is 9.84 Å². The fourth-order valence-electron chi connectivity index (χ4n) is 3.52. The van der Waals surface area contributed by atoms with Crippen molar-refractivity contribution in [1.82, 2.24) is 16.0 Å². The zero-order chi connectivity index (χ0) is 20.6. The number of rotatable bonds is 7. The number of carbonyl (C=O) groups is 1. The summed E-state index contributed by atoms with van der Waals surface area (Å²) in [5.41, 5.74) is 1.70. The van der Waals surface area contributed by atoms with Crippen molar-refractivity contribution >= 4 is 21.7 Å². The lowest BCUT2D eigenvalue weighted by Crippen LogP contribution is -2.42. The average Bonchev–Trinajstić information content (AvgIpc) is 2.67. The molecule has 0 radical (unpaired) electrons. The molecule has 1 aliphatic rings. The largest absolute Gasteiger partial charge is 0.355 e. The van der Waals surface area contributed by atoms with Gasteiger partial charge in [-0.15, -0.1) is 0 Å². The maximum absolute atomic E-state index is 12.1. The molecule has 1 fully saturated rings. The molecule has 0 bridgehead atoms. The minimum absolute atomic E-state index is 0.158. The van der Waals surface area contributed by atoms with Crippen molar-refractivity contribution in [3.8, 4) is 0 Å². The van der Waals surface area contributed by atoms with Crippen LogP contribution in [0.2, 0.25) is 0 Å². The number of hydrogen-bond donors (Lipinski definition) is 3. The Bertz CT molecular complexity index is 800. The lowest BCUT2D eigenvalue weighted by molar-refractivity contribution is -0.125. The van der Waals surface area contributed by atoms with Crippen molar-refractivity contribution in [3.05, 3.63) is 29.3 Å². The molecule has 3 N–H and O–H groups in total. The van der Waals surface area contributed by atoms with Crippen molar-refractivity contribution < 1.29 is 13.2 Å². The molecule has 1 amide bonds. The van der Waals surface area contributed by atoms with Crippen molar-refractivity contribution in [1.29, 1.82) is 0 Å². The first-order valence-corrected chi connectivity index (χ1v) is 11.7. The number of nitrogens with one attached hydrogen (secondary N) is 3. The van der Waals surface area contributed by atoms with Gasteiger partial charge in [0.15, 0.2) is 15.8 Å². The summed E-state index contributed by atoms with van der Waals surface area (Å²) in [6.07, 6.45) is 6.75. The van der Waals surface area contributed by atoms with Crippen molar-refractivity contribution in [2.24, 2.45) is 10.9 Å². The molecule has 0 atom stereocenters. The molecule has 0 saturated heterocycles. The summed E-state index contributed by atoms with van der Waals surface area (Å²) in [5, 5.41) is 9.37. The molecular weight excluding hydrogens is 376 g/mol. The molecule has 7 nitrogen and oxygen atoms in total. The normalized spacial score (nSPS) is 15.9. The lowest BCUT2D eigenvalue weighted by atomic mass is 9.89. The maximum Gasteiger partial charge on any atom is 0.223 e. The second-order valence-corrected chi connectivity index (χ2v) is 9.33. The highest BCUT2D eigenvalue weighted by molar-refractivity contribution is 7.90. The molecule has 1 aliphatic carbocycles. The van der Waals surface area contributed by atoms with E-state index in [1.54, 1.807) is 26.1 Å². The Morgan fingerprint density at radius 2 is 1.79 bits per heavy atom. The van der Waals surface area contributed by atoms with Gasteiger partial charge >= 0.3 is 0 Å². The third-order valence-corrected chi connectivity index (χ3v) is 6.27. The summed E-state index contributed by atoms with van der Waals surface area (Å²) in [7, 11) is -1.52. The van der Waals surface area contributed by atoms with E-state index in [0.717, 1.165) is 36.8 Å². The zero-order valence-corrected chi connectivity index (χ0v) is 17.9. The molecule has 0 aromatic heterocycles. The molecule has 1 aromatic carbocycles. The standard InChI is InChI=1S/C20H32N4O3S/c1-15-13-16(9-10-18(15)28(3,26)27)14-24-20(21-2)23-12-11-22-19(25)17-7-5-4-6-8-17/h9-10,13,17H,4-8,11-12,14H2,1-3H3,(H,22,25)(H2,21,23,24). The Hall–Kier alpha value is -2.09. The molecule has 1 aromatic rings. The van der Waals surface area contributed by atoms with E-state index in [4.69, 9.17) is 0 Å². The predicted molar refractivity (Wildman–Crippen MR) is 112 cm³/mol. The number of amides is 1. The van der Waals surface area contributed by atoms with E-state index in [9.17, 15) is 13.2 Å². The first-order chi connectivity index (χ1) is 13.3. The Morgan fingerprint density at radius 1 is 1.11 bits per heavy atom. The molecule has 8 heteroatoms. The summed E-state index contributed by atoms with van der Waals surface area (Å²) in [4.78, 5) is 16.7. The van der Waals surface area contributed by atoms with E-state index in [1.807, 2.05) is 6.07 Å². The molecule has 28 heavy (non-hydrogen) atoms. The van der Waals surface area contributed by atoms with E-state index in [2.05, 4.69) is 20.9 Å². The summed E-state index contributed by atoms with van der Waals surface area (Å²) >= 11 is 0. The third kappa shape index (κ3) is 6.82. The van der Waals surface area contributed by atoms with Crippen LogP contribution in [-0.2, 0) is 21.2 Å². The van der Waals surface area contributed by atoms with Crippen LogP contribution in [0.15, 0.2) is 28.1 Å². The van der Waals surface area contributed by atoms with E-state index in [0.29, 0.717) is 30.5 Å². The van der Waals surface area contributed by atoms with Gasteiger partial charge in [0.2, 0.25) is 5.91 Å². The van der Waals surface area contributed by atoms with Crippen LogP contribution in [-0.4, -0.2) is 46.7 Å². The third-order valence-electron chi connectivity index (χ3n) is 5.02. The number of carbonyl (C=O) groups excluding carboxylic acids is 1. The second-order valence-electron chi connectivity index (χ2n) is 7.35. The Balaban J connectivity index is 1.74. The quantitative estimate of drug-likeness (QED) is 0.363. The molecule has 1 saturated carbocycles. The van der Waals surface area contributed by atoms with Crippen LogP contribution in [0.5, 0.6) is 0 Å². The highest BCUT2D eigenvalue weighted by Crippen LogP contribution is 2.23. The van der Waals surface area contributed by atoms with Crippen molar-refractivity contribution in [2.75, 3.05) is 26.4 Å². The summed E-state index contributed by atoms with van der Waals surface area (Å²) in [6.45, 7) is 3.46. The first kappa shape index (κ1) is 22.2. The zero-order valence-electron chi connectivity index (χ0n) is 17.0. The lowest BCUT2D eigenvalue weighted by Gasteiger charge is -2.21. The smallest absolute Gasteiger partial charge is 0.223 e. The van der Waals surface area contributed by atoms with Gasteiger partial charge in [-0.2, -0.15) is 0 Å². The number of hydrogen-bond acceptors (Lipinski definition) is 4. The number of sulfone groups is 1. The Morgan fingerprint density at radius 3 is 2.39 bits per heavy atom. The van der Waals surface area contributed by atoms with Crippen LogP contribution in [0, 0.1) is 12.8 Å². The molecule has 2 rings (SSSR count). The number of aliphatic imine (C=N–C) groups is 1. The number of nitrogens with zero attached hydrogens (tertiary/aromatic N) is 1. The van der Waals surface area contributed by atoms with Gasteiger partial charge in [0.25, 0.3) is 0 Å². The topological polar surface area (TPSA) is 99.7 Å².